The first-order valence-electron chi connectivity index (χ1n) is 6.01. The Labute approximate surface area is 110 Å². The largest absolute Gasteiger partial charge is 0.480 e. The van der Waals surface area contributed by atoms with Crippen molar-refractivity contribution < 1.29 is 19.4 Å². The molecular weight excluding hydrogens is 250 g/mol. The molecule has 0 radical (unpaired) electrons. The van der Waals surface area contributed by atoms with Gasteiger partial charge in [-0.1, -0.05) is 0 Å². The maximum Gasteiger partial charge on any atom is 0.411 e. The molecule has 1 unspecified atom stereocenters. The monoisotopic (exact) mass is 267 g/mol. The summed E-state index contributed by atoms with van der Waals surface area (Å²) in [5.74, 6) is -1.06. The normalized spacial score (nSPS) is 18.9. The summed E-state index contributed by atoms with van der Waals surface area (Å²) < 4.78 is 5.24. The van der Waals surface area contributed by atoms with Crippen molar-refractivity contribution in [3.8, 4) is 0 Å². The Morgan fingerprint density at radius 1 is 1.53 bits per heavy atom. The molecule has 0 bridgehead atoms. The van der Waals surface area contributed by atoms with Gasteiger partial charge in [0.1, 0.15) is 11.6 Å². The van der Waals surface area contributed by atoms with E-state index in [1.807, 2.05) is 0 Å². The number of hydrogen-bond acceptors (Lipinski definition) is 4. The first kappa shape index (κ1) is 13.4. The third-order valence-corrected chi connectivity index (χ3v) is 2.81. The van der Waals surface area contributed by atoms with Gasteiger partial charge in [0, 0.05) is 6.42 Å². The van der Waals surface area contributed by atoms with Gasteiger partial charge in [0.05, 0.1) is 24.3 Å². The average Bonchev–Trinajstić information content (AvgIpc) is 2.71. The van der Waals surface area contributed by atoms with Crippen molar-refractivity contribution >= 4 is 12.1 Å². The molecule has 7 nitrogen and oxygen atoms in total. The Morgan fingerprint density at radius 3 is 2.79 bits per heavy atom. The van der Waals surface area contributed by atoms with Crippen LogP contribution in [-0.2, 0) is 22.5 Å². The zero-order valence-electron chi connectivity index (χ0n) is 11.1. The quantitative estimate of drug-likeness (QED) is 0.796. The second-order valence-corrected chi connectivity index (χ2v) is 5.49. The topological polar surface area (TPSA) is 95.5 Å². The third-order valence-electron chi connectivity index (χ3n) is 2.81. The molecule has 0 fully saturated rings. The van der Waals surface area contributed by atoms with E-state index < -0.39 is 23.7 Å². The van der Waals surface area contributed by atoms with Gasteiger partial charge in [-0.3, -0.25) is 4.90 Å². The number of nitrogens with one attached hydrogen (secondary N) is 1. The number of hydrogen-bond donors (Lipinski definition) is 2. The Kier molecular flexibility index (Phi) is 3.21. The molecule has 0 saturated carbocycles. The molecular formula is C12H17N3O4. The van der Waals surface area contributed by atoms with E-state index in [1.165, 1.54) is 11.2 Å². The minimum Gasteiger partial charge on any atom is -0.480 e. The van der Waals surface area contributed by atoms with Crippen LogP contribution in [0.3, 0.4) is 0 Å². The van der Waals surface area contributed by atoms with Crippen molar-refractivity contribution in [3.05, 3.63) is 17.7 Å². The predicted molar refractivity (Wildman–Crippen MR) is 65.5 cm³/mol. The highest BCUT2D eigenvalue weighted by Crippen LogP contribution is 2.23. The van der Waals surface area contributed by atoms with Gasteiger partial charge in [0.2, 0.25) is 0 Å². The highest BCUT2D eigenvalue weighted by Gasteiger charge is 2.38. The molecule has 19 heavy (non-hydrogen) atoms. The summed E-state index contributed by atoms with van der Waals surface area (Å²) >= 11 is 0. The zero-order valence-corrected chi connectivity index (χ0v) is 11.1. The lowest BCUT2D eigenvalue weighted by atomic mass is 10.0. The number of amides is 1. The third kappa shape index (κ3) is 2.86. The number of aromatic amines is 1. The fraction of sp³-hybridized carbons (Fsp3) is 0.583. The van der Waals surface area contributed by atoms with Crippen LogP contribution in [0.25, 0.3) is 0 Å². The molecule has 1 aliphatic rings. The van der Waals surface area contributed by atoms with Gasteiger partial charge in [-0.15, -0.1) is 0 Å². The summed E-state index contributed by atoms with van der Waals surface area (Å²) in [7, 11) is 0. The van der Waals surface area contributed by atoms with Crippen LogP contribution < -0.4 is 0 Å². The van der Waals surface area contributed by atoms with Crippen LogP contribution in [-0.4, -0.2) is 43.7 Å². The molecule has 0 aromatic carbocycles. The maximum absolute atomic E-state index is 12.1. The average molecular weight is 267 g/mol. The van der Waals surface area contributed by atoms with Crippen LogP contribution in [0.4, 0.5) is 4.79 Å². The molecule has 2 N–H and O–H groups in total. The van der Waals surface area contributed by atoms with Gasteiger partial charge < -0.3 is 14.8 Å². The highest BCUT2D eigenvalue weighted by molar-refractivity contribution is 5.81. The predicted octanol–water partition coefficient (Wildman–Crippen LogP) is 1.16. The van der Waals surface area contributed by atoms with Crippen LogP contribution in [0.5, 0.6) is 0 Å². The lowest BCUT2D eigenvalue weighted by molar-refractivity contribution is -0.143. The van der Waals surface area contributed by atoms with Crippen LogP contribution in [0.1, 0.15) is 32.2 Å². The van der Waals surface area contributed by atoms with Crippen molar-refractivity contribution in [2.45, 2.75) is 45.4 Å². The van der Waals surface area contributed by atoms with Gasteiger partial charge in [-0.25, -0.2) is 14.6 Å². The van der Waals surface area contributed by atoms with E-state index in [0.29, 0.717) is 5.69 Å². The standard InChI is InChI=1S/C12H17N3O4/c1-12(2,3)19-11(18)15-5-8-7(13-6-14-8)4-9(15)10(16)17/h6,9H,4-5H2,1-3H3,(H,13,14)(H,16,17). The molecule has 1 amide bonds. The molecule has 0 aliphatic carbocycles. The van der Waals surface area contributed by atoms with Crippen LogP contribution in [0.2, 0.25) is 0 Å². The van der Waals surface area contributed by atoms with Gasteiger partial charge in [-0.2, -0.15) is 0 Å². The van der Waals surface area contributed by atoms with E-state index >= 15 is 0 Å². The van der Waals surface area contributed by atoms with E-state index in [9.17, 15) is 14.7 Å². The summed E-state index contributed by atoms with van der Waals surface area (Å²) in [4.78, 5) is 31.5. The fourth-order valence-corrected chi connectivity index (χ4v) is 1.97. The second kappa shape index (κ2) is 4.56. The number of nitrogens with zero attached hydrogens (tertiary/aromatic N) is 2. The van der Waals surface area contributed by atoms with Crippen LogP contribution in [0.15, 0.2) is 6.33 Å². The molecule has 1 aromatic heterocycles. The Morgan fingerprint density at radius 2 is 2.21 bits per heavy atom. The number of H-pyrrole nitrogens is 1. The number of carboxylic acid groups (broad SMARTS) is 1. The summed E-state index contributed by atoms with van der Waals surface area (Å²) in [5.41, 5.74) is 0.782. The maximum atomic E-state index is 12.1. The van der Waals surface area contributed by atoms with E-state index in [-0.39, 0.29) is 13.0 Å². The number of ether oxygens (including phenoxy) is 1. The Hall–Kier alpha value is -2.05. The van der Waals surface area contributed by atoms with Crippen molar-refractivity contribution in [2.24, 2.45) is 0 Å². The second-order valence-electron chi connectivity index (χ2n) is 5.49. The molecule has 0 spiro atoms. The van der Waals surface area contributed by atoms with Gasteiger partial charge in [0.25, 0.3) is 0 Å². The van der Waals surface area contributed by atoms with Gasteiger partial charge in [-0.05, 0) is 20.8 Å². The van der Waals surface area contributed by atoms with E-state index in [2.05, 4.69) is 9.97 Å². The molecule has 2 rings (SSSR count). The summed E-state index contributed by atoms with van der Waals surface area (Å²) in [6.45, 7) is 5.39. The first-order chi connectivity index (χ1) is 8.78. The first-order valence-corrected chi connectivity index (χ1v) is 6.01. The van der Waals surface area contributed by atoms with Crippen molar-refractivity contribution in [1.29, 1.82) is 0 Å². The molecule has 7 heteroatoms. The smallest absolute Gasteiger partial charge is 0.411 e. The Balaban J connectivity index is 2.22. The van der Waals surface area contributed by atoms with Crippen molar-refractivity contribution in [1.82, 2.24) is 14.9 Å². The summed E-state index contributed by atoms with van der Waals surface area (Å²) in [5, 5.41) is 9.23. The number of carbonyl (C=O) groups excluding carboxylic acids is 1. The number of aliphatic carboxylic acids is 1. The van der Waals surface area contributed by atoms with E-state index in [4.69, 9.17) is 4.74 Å². The molecule has 1 atom stereocenters. The van der Waals surface area contributed by atoms with Gasteiger partial charge >= 0.3 is 12.1 Å². The molecule has 1 aromatic rings. The number of imidazole rings is 1. The highest BCUT2D eigenvalue weighted by atomic mass is 16.6. The minimum atomic E-state index is -1.06. The molecule has 104 valence electrons. The number of fused-ring (bicyclic) bond motifs is 1. The molecule has 2 heterocycles. The SMILES string of the molecule is CC(C)(C)OC(=O)N1Cc2[nH]cnc2CC1C(=O)O. The Bertz CT molecular complexity index is 503. The van der Waals surface area contributed by atoms with Gasteiger partial charge in [0.15, 0.2) is 0 Å². The lowest BCUT2D eigenvalue weighted by Gasteiger charge is -2.33. The number of aromatic nitrogens is 2. The summed E-state index contributed by atoms with van der Waals surface area (Å²) in [6.07, 6.45) is 1.07. The number of carboxylic acids is 1. The van der Waals surface area contributed by atoms with Crippen molar-refractivity contribution in [2.75, 3.05) is 0 Å². The number of rotatable bonds is 1. The molecule has 0 saturated heterocycles. The number of carbonyl (C=O) groups is 2. The van der Waals surface area contributed by atoms with Crippen molar-refractivity contribution in [3.63, 3.8) is 0 Å². The summed E-state index contributed by atoms with van der Waals surface area (Å²) in [6, 6.07) is -0.939. The fourth-order valence-electron chi connectivity index (χ4n) is 1.97. The minimum absolute atomic E-state index is 0.168. The van der Waals surface area contributed by atoms with Crippen LogP contribution in [0, 0.1) is 0 Å². The molecule has 1 aliphatic heterocycles. The zero-order chi connectivity index (χ0) is 14.2. The van der Waals surface area contributed by atoms with E-state index in [1.54, 1.807) is 20.8 Å². The lowest BCUT2D eigenvalue weighted by Crippen LogP contribution is -2.50. The van der Waals surface area contributed by atoms with E-state index in [0.717, 1.165) is 5.69 Å². The van der Waals surface area contributed by atoms with Crippen LogP contribution >= 0.6 is 0 Å².